The standard InChI is InChI=1S/C12H14F2O2/c1-3-8(2)11(15)7-16-12-6-9(13)4-5-10(12)14/h4-6,8H,3,7H2,1-2H3. The highest BCUT2D eigenvalue weighted by atomic mass is 19.1. The Kier molecular flexibility index (Phi) is 4.40. The van der Waals surface area contributed by atoms with Crippen molar-refractivity contribution in [3.05, 3.63) is 29.8 Å². The van der Waals surface area contributed by atoms with Crippen LogP contribution in [0.3, 0.4) is 0 Å². The van der Waals surface area contributed by atoms with Crippen LogP contribution in [0.5, 0.6) is 5.75 Å². The molecule has 1 atom stereocenters. The van der Waals surface area contributed by atoms with Gasteiger partial charge in [0.2, 0.25) is 0 Å². The molecule has 88 valence electrons. The zero-order valence-corrected chi connectivity index (χ0v) is 9.30. The molecule has 1 aromatic carbocycles. The molecule has 0 bridgehead atoms. The summed E-state index contributed by atoms with van der Waals surface area (Å²) in [5.41, 5.74) is 0. The quantitative estimate of drug-likeness (QED) is 0.774. The van der Waals surface area contributed by atoms with Gasteiger partial charge in [-0.2, -0.15) is 0 Å². The molecule has 0 aromatic heterocycles. The molecule has 0 heterocycles. The first-order chi connectivity index (χ1) is 7.54. The summed E-state index contributed by atoms with van der Waals surface area (Å²) in [5, 5.41) is 0. The molecule has 1 rings (SSSR count). The van der Waals surface area contributed by atoms with E-state index in [2.05, 4.69) is 0 Å². The highest BCUT2D eigenvalue weighted by Gasteiger charge is 2.13. The number of rotatable bonds is 5. The van der Waals surface area contributed by atoms with Crippen molar-refractivity contribution in [2.75, 3.05) is 6.61 Å². The smallest absolute Gasteiger partial charge is 0.172 e. The lowest BCUT2D eigenvalue weighted by Crippen LogP contribution is -2.19. The van der Waals surface area contributed by atoms with E-state index in [1.165, 1.54) is 0 Å². The number of halogens is 2. The third-order valence-electron chi connectivity index (χ3n) is 2.43. The van der Waals surface area contributed by atoms with Crippen LogP contribution in [-0.4, -0.2) is 12.4 Å². The van der Waals surface area contributed by atoms with Crippen LogP contribution >= 0.6 is 0 Å². The van der Waals surface area contributed by atoms with Gasteiger partial charge in [0.15, 0.2) is 17.3 Å². The molecule has 0 aliphatic rings. The number of benzene rings is 1. The second-order valence-corrected chi connectivity index (χ2v) is 3.64. The number of hydrogen-bond donors (Lipinski definition) is 0. The Morgan fingerprint density at radius 3 is 2.75 bits per heavy atom. The van der Waals surface area contributed by atoms with E-state index in [0.29, 0.717) is 6.42 Å². The first kappa shape index (κ1) is 12.6. The Labute approximate surface area is 93.2 Å². The molecule has 4 heteroatoms. The van der Waals surface area contributed by atoms with Gasteiger partial charge in [-0.25, -0.2) is 8.78 Å². The number of ether oxygens (including phenoxy) is 1. The number of Topliss-reactive ketones (excluding diaryl/α,β-unsaturated/α-hetero) is 1. The maximum atomic E-state index is 13.1. The first-order valence-corrected chi connectivity index (χ1v) is 5.15. The van der Waals surface area contributed by atoms with Gasteiger partial charge in [-0.3, -0.25) is 4.79 Å². The fourth-order valence-electron chi connectivity index (χ4n) is 1.11. The summed E-state index contributed by atoms with van der Waals surface area (Å²) in [4.78, 5) is 11.4. The minimum Gasteiger partial charge on any atom is -0.483 e. The zero-order valence-electron chi connectivity index (χ0n) is 9.30. The fraction of sp³-hybridized carbons (Fsp3) is 0.417. The molecular formula is C12H14F2O2. The van der Waals surface area contributed by atoms with Gasteiger partial charge in [-0.1, -0.05) is 13.8 Å². The number of ketones is 1. The predicted octanol–water partition coefficient (Wildman–Crippen LogP) is 2.96. The Morgan fingerprint density at radius 2 is 2.12 bits per heavy atom. The van der Waals surface area contributed by atoms with Crippen LogP contribution in [0.4, 0.5) is 8.78 Å². The van der Waals surface area contributed by atoms with Gasteiger partial charge >= 0.3 is 0 Å². The Hall–Kier alpha value is -1.45. The molecule has 1 aromatic rings. The zero-order chi connectivity index (χ0) is 12.1. The van der Waals surface area contributed by atoms with Crippen molar-refractivity contribution in [3.63, 3.8) is 0 Å². The van der Waals surface area contributed by atoms with E-state index in [4.69, 9.17) is 4.74 Å². The van der Waals surface area contributed by atoms with Crippen molar-refractivity contribution >= 4 is 5.78 Å². The van der Waals surface area contributed by atoms with Crippen LogP contribution in [-0.2, 0) is 4.79 Å². The molecule has 0 aliphatic carbocycles. The Morgan fingerprint density at radius 1 is 1.44 bits per heavy atom. The topological polar surface area (TPSA) is 26.3 Å². The summed E-state index contributed by atoms with van der Waals surface area (Å²) in [5.74, 6) is -1.73. The maximum Gasteiger partial charge on any atom is 0.172 e. The third kappa shape index (κ3) is 3.29. The highest BCUT2D eigenvalue weighted by molar-refractivity contribution is 5.82. The van der Waals surface area contributed by atoms with E-state index in [1.54, 1.807) is 6.92 Å². The van der Waals surface area contributed by atoms with E-state index >= 15 is 0 Å². The highest BCUT2D eigenvalue weighted by Crippen LogP contribution is 2.18. The minimum atomic E-state index is -0.668. The Balaban J connectivity index is 2.61. The first-order valence-electron chi connectivity index (χ1n) is 5.15. The van der Waals surface area contributed by atoms with Crippen molar-refractivity contribution in [2.24, 2.45) is 5.92 Å². The van der Waals surface area contributed by atoms with Gasteiger partial charge < -0.3 is 4.74 Å². The Bertz CT molecular complexity index is 377. The molecular weight excluding hydrogens is 214 g/mol. The van der Waals surface area contributed by atoms with Crippen LogP contribution in [0.15, 0.2) is 18.2 Å². The molecule has 0 aliphatic heterocycles. The summed E-state index contributed by atoms with van der Waals surface area (Å²) in [7, 11) is 0. The lowest BCUT2D eigenvalue weighted by atomic mass is 10.1. The van der Waals surface area contributed by atoms with Gasteiger partial charge in [0.05, 0.1) is 0 Å². The molecule has 0 saturated carbocycles. The molecule has 0 saturated heterocycles. The lowest BCUT2D eigenvalue weighted by Gasteiger charge is -2.09. The summed E-state index contributed by atoms with van der Waals surface area (Å²) in [6.07, 6.45) is 0.702. The summed E-state index contributed by atoms with van der Waals surface area (Å²) < 4.78 is 30.8. The normalized spacial score (nSPS) is 12.2. The second kappa shape index (κ2) is 5.58. The van der Waals surface area contributed by atoms with Crippen LogP contribution in [0.2, 0.25) is 0 Å². The maximum absolute atomic E-state index is 13.1. The number of carbonyl (C=O) groups is 1. The van der Waals surface area contributed by atoms with E-state index in [-0.39, 0.29) is 24.1 Å². The van der Waals surface area contributed by atoms with Crippen LogP contribution < -0.4 is 4.74 Å². The number of hydrogen-bond acceptors (Lipinski definition) is 2. The van der Waals surface area contributed by atoms with Crippen molar-refractivity contribution in [1.29, 1.82) is 0 Å². The molecule has 0 radical (unpaired) electrons. The summed E-state index contributed by atoms with van der Waals surface area (Å²) in [6.45, 7) is 3.42. The van der Waals surface area contributed by atoms with E-state index in [1.807, 2.05) is 6.92 Å². The van der Waals surface area contributed by atoms with Crippen molar-refractivity contribution in [1.82, 2.24) is 0 Å². The molecule has 0 amide bonds. The van der Waals surface area contributed by atoms with Crippen LogP contribution in [0.1, 0.15) is 20.3 Å². The van der Waals surface area contributed by atoms with Gasteiger partial charge in [-0.05, 0) is 18.6 Å². The van der Waals surface area contributed by atoms with Crippen molar-refractivity contribution < 1.29 is 18.3 Å². The molecule has 0 N–H and O–H groups in total. The predicted molar refractivity (Wildman–Crippen MR) is 56.3 cm³/mol. The van der Waals surface area contributed by atoms with Crippen LogP contribution in [0.25, 0.3) is 0 Å². The second-order valence-electron chi connectivity index (χ2n) is 3.64. The molecule has 0 spiro atoms. The average Bonchev–Trinajstić information content (AvgIpc) is 2.28. The largest absolute Gasteiger partial charge is 0.483 e. The van der Waals surface area contributed by atoms with Gasteiger partial charge in [0.25, 0.3) is 0 Å². The van der Waals surface area contributed by atoms with Gasteiger partial charge in [0, 0.05) is 12.0 Å². The van der Waals surface area contributed by atoms with Crippen LogP contribution in [0, 0.1) is 17.6 Å². The SMILES string of the molecule is CCC(C)C(=O)COc1cc(F)ccc1F. The van der Waals surface area contributed by atoms with Crippen molar-refractivity contribution in [3.8, 4) is 5.75 Å². The molecule has 1 unspecified atom stereocenters. The monoisotopic (exact) mass is 228 g/mol. The van der Waals surface area contributed by atoms with E-state index in [9.17, 15) is 13.6 Å². The number of carbonyl (C=O) groups excluding carboxylic acids is 1. The minimum absolute atomic E-state index is 0.119. The van der Waals surface area contributed by atoms with Gasteiger partial charge in [-0.15, -0.1) is 0 Å². The lowest BCUT2D eigenvalue weighted by molar-refractivity contribution is -0.124. The third-order valence-corrected chi connectivity index (χ3v) is 2.43. The van der Waals surface area contributed by atoms with E-state index < -0.39 is 11.6 Å². The molecule has 16 heavy (non-hydrogen) atoms. The summed E-state index contributed by atoms with van der Waals surface area (Å²) >= 11 is 0. The molecule has 0 fully saturated rings. The van der Waals surface area contributed by atoms with Gasteiger partial charge in [0.1, 0.15) is 12.4 Å². The average molecular weight is 228 g/mol. The summed E-state index contributed by atoms with van der Waals surface area (Å²) in [6, 6.07) is 2.90. The van der Waals surface area contributed by atoms with E-state index in [0.717, 1.165) is 18.2 Å². The van der Waals surface area contributed by atoms with Crippen molar-refractivity contribution in [2.45, 2.75) is 20.3 Å². The molecule has 2 nitrogen and oxygen atoms in total. The fourth-order valence-corrected chi connectivity index (χ4v) is 1.11.